The van der Waals surface area contributed by atoms with Crippen LogP contribution in [0.15, 0.2) is 63.9 Å². The summed E-state index contributed by atoms with van der Waals surface area (Å²) in [5.74, 6) is 0.264. The van der Waals surface area contributed by atoms with E-state index in [4.69, 9.17) is 16.0 Å². The molecule has 3 aromatic carbocycles. The Morgan fingerprint density at radius 2 is 1.75 bits per heavy atom. The van der Waals surface area contributed by atoms with Gasteiger partial charge >= 0.3 is 0 Å². The summed E-state index contributed by atoms with van der Waals surface area (Å²) in [6.45, 7) is 3.10. The summed E-state index contributed by atoms with van der Waals surface area (Å²) in [7, 11) is -3.88. The van der Waals surface area contributed by atoms with Gasteiger partial charge in [-0.05, 0) is 37.4 Å². The zero-order valence-corrected chi connectivity index (χ0v) is 16.7. The van der Waals surface area contributed by atoms with Gasteiger partial charge in [0, 0.05) is 10.8 Å². The van der Waals surface area contributed by atoms with Crippen LogP contribution in [0.25, 0.3) is 21.7 Å². The summed E-state index contributed by atoms with van der Waals surface area (Å²) in [6.07, 6.45) is 0. The van der Waals surface area contributed by atoms with Crippen LogP contribution in [-0.2, 0) is 10.0 Å². The molecule has 0 aliphatic rings. The van der Waals surface area contributed by atoms with Gasteiger partial charge in [0.15, 0.2) is 11.4 Å². The first-order valence-electron chi connectivity index (χ1n) is 8.52. The van der Waals surface area contributed by atoms with E-state index < -0.39 is 10.0 Å². The Bertz CT molecular complexity index is 1350. The predicted molar refractivity (Wildman–Crippen MR) is 111 cm³/mol. The molecule has 0 saturated carbocycles. The standard InChI is InChI=1S/C21H16ClNO4S/c1-12(24)20-13(2)27-21-17(20)10-15(11-18(21)22)23-28(25,26)19-9-5-7-14-6-3-4-8-16(14)19/h3-11,23H,1-2H3. The number of aryl methyl sites for hydroxylation is 1. The number of hydrogen-bond acceptors (Lipinski definition) is 4. The highest BCUT2D eigenvalue weighted by molar-refractivity contribution is 7.93. The molecule has 4 aromatic rings. The normalized spacial score (nSPS) is 11.8. The SMILES string of the molecule is CC(=O)c1c(C)oc2c(Cl)cc(NS(=O)(=O)c3cccc4ccccc34)cc12. The van der Waals surface area contributed by atoms with E-state index in [0.29, 0.717) is 27.7 Å². The van der Waals surface area contributed by atoms with Gasteiger partial charge in [-0.15, -0.1) is 0 Å². The summed E-state index contributed by atoms with van der Waals surface area (Å²) < 4.78 is 34.2. The number of rotatable bonds is 4. The summed E-state index contributed by atoms with van der Waals surface area (Å²) in [5, 5.41) is 2.15. The van der Waals surface area contributed by atoms with Crippen LogP contribution in [0, 0.1) is 6.92 Å². The number of benzene rings is 3. The van der Waals surface area contributed by atoms with Crippen molar-refractivity contribution < 1.29 is 17.6 Å². The van der Waals surface area contributed by atoms with Crippen LogP contribution in [-0.4, -0.2) is 14.2 Å². The van der Waals surface area contributed by atoms with Crippen molar-refractivity contribution in [2.75, 3.05) is 4.72 Å². The lowest BCUT2D eigenvalue weighted by Gasteiger charge is -2.11. The van der Waals surface area contributed by atoms with Crippen LogP contribution in [0.5, 0.6) is 0 Å². The van der Waals surface area contributed by atoms with Gasteiger partial charge in [0.1, 0.15) is 5.76 Å². The molecule has 0 amide bonds. The number of carbonyl (C=O) groups is 1. The summed E-state index contributed by atoms with van der Waals surface area (Å²) >= 11 is 6.28. The van der Waals surface area contributed by atoms with Crippen molar-refractivity contribution in [2.24, 2.45) is 0 Å². The zero-order chi connectivity index (χ0) is 20.1. The molecule has 0 aliphatic heterocycles. The lowest BCUT2D eigenvalue weighted by Crippen LogP contribution is -2.13. The molecule has 0 aliphatic carbocycles. The number of nitrogens with one attached hydrogen (secondary N) is 1. The van der Waals surface area contributed by atoms with Crippen molar-refractivity contribution in [2.45, 2.75) is 18.7 Å². The molecular weight excluding hydrogens is 398 g/mol. The molecule has 4 rings (SSSR count). The molecule has 0 atom stereocenters. The maximum Gasteiger partial charge on any atom is 0.262 e. The Morgan fingerprint density at radius 1 is 1.04 bits per heavy atom. The van der Waals surface area contributed by atoms with Crippen LogP contribution >= 0.6 is 11.6 Å². The second-order valence-corrected chi connectivity index (χ2v) is 8.56. The Morgan fingerprint density at radius 3 is 2.50 bits per heavy atom. The number of ketones is 1. The van der Waals surface area contributed by atoms with E-state index in [1.165, 1.54) is 13.0 Å². The molecule has 1 aromatic heterocycles. The largest absolute Gasteiger partial charge is 0.459 e. The van der Waals surface area contributed by atoms with Crippen LogP contribution in [0.1, 0.15) is 23.0 Å². The fourth-order valence-electron chi connectivity index (χ4n) is 3.41. The molecule has 0 bridgehead atoms. The van der Waals surface area contributed by atoms with Crippen LogP contribution < -0.4 is 4.72 Å². The van der Waals surface area contributed by atoms with Crippen molar-refractivity contribution >= 4 is 54.8 Å². The minimum atomic E-state index is -3.88. The number of sulfonamides is 1. The zero-order valence-electron chi connectivity index (χ0n) is 15.1. The Kier molecular flexibility index (Phi) is 4.40. The van der Waals surface area contributed by atoms with Gasteiger partial charge in [-0.1, -0.05) is 48.0 Å². The van der Waals surface area contributed by atoms with Gasteiger partial charge in [0.05, 0.1) is 21.2 Å². The van der Waals surface area contributed by atoms with Crippen LogP contribution in [0.2, 0.25) is 5.02 Å². The van der Waals surface area contributed by atoms with Crippen molar-refractivity contribution in [1.82, 2.24) is 0 Å². The van der Waals surface area contributed by atoms with Crippen molar-refractivity contribution in [3.8, 4) is 0 Å². The minimum absolute atomic E-state index is 0.164. The fraction of sp³-hybridized carbons (Fsp3) is 0.0952. The van der Waals surface area contributed by atoms with E-state index in [0.717, 1.165) is 5.39 Å². The van der Waals surface area contributed by atoms with Gasteiger partial charge in [-0.2, -0.15) is 0 Å². The molecule has 1 heterocycles. The van der Waals surface area contributed by atoms with Gasteiger partial charge in [0.25, 0.3) is 10.0 Å². The van der Waals surface area contributed by atoms with E-state index >= 15 is 0 Å². The summed E-state index contributed by atoms with van der Waals surface area (Å²) in [5.41, 5.74) is 1.01. The molecule has 0 saturated heterocycles. The predicted octanol–water partition coefficient (Wildman–Crippen LogP) is 5.55. The van der Waals surface area contributed by atoms with Gasteiger partial charge in [0.2, 0.25) is 0 Å². The molecule has 5 nitrogen and oxygen atoms in total. The number of anilines is 1. The third-order valence-corrected chi connectivity index (χ3v) is 6.28. The first-order chi connectivity index (χ1) is 13.3. The second-order valence-electron chi connectivity index (χ2n) is 6.51. The highest BCUT2D eigenvalue weighted by Gasteiger charge is 2.21. The lowest BCUT2D eigenvalue weighted by molar-refractivity contribution is 0.101. The first-order valence-corrected chi connectivity index (χ1v) is 10.4. The molecule has 1 N–H and O–H groups in total. The topological polar surface area (TPSA) is 76.4 Å². The number of furan rings is 1. The average molecular weight is 414 g/mol. The van der Waals surface area contributed by atoms with Crippen molar-refractivity contribution in [3.05, 3.63) is 70.9 Å². The Labute approximate surface area is 167 Å². The molecule has 0 radical (unpaired) electrons. The van der Waals surface area contributed by atoms with Crippen LogP contribution in [0.3, 0.4) is 0 Å². The van der Waals surface area contributed by atoms with Gasteiger partial charge < -0.3 is 4.42 Å². The molecule has 0 unspecified atom stereocenters. The average Bonchev–Trinajstić information content (AvgIpc) is 2.97. The van der Waals surface area contributed by atoms with E-state index in [1.807, 2.05) is 18.2 Å². The maximum absolute atomic E-state index is 13.0. The highest BCUT2D eigenvalue weighted by atomic mass is 35.5. The minimum Gasteiger partial charge on any atom is -0.459 e. The smallest absolute Gasteiger partial charge is 0.262 e. The van der Waals surface area contributed by atoms with Crippen LogP contribution in [0.4, 0.5) is 5.69 Å². The third kappa shape index (κ3) is 3.04. The van der Waals surface area contributed by atoms with Gasteiger partial charge in [-0.25, -0.2) is 8.42 Å². The molecule has 0 spiro atoms. The third-order valence-electron chi connectivity index (χ3n) is 4.56. The lowest BCUT2D eigenvalue weighted by atomic mass is 10.1. The number of fused-ring (bicyclic) bond motifs is 2. The molecule has 142 valence electrons. The van der Waals surface area contributed by atoms with E-state index in [2.05, 4.69) is 4.72 Å². The molecule has 7 heteroatoms. The fourth-order valence-corrected chi connectivity index (χ4v) is 4.94. The maximum atomic E-state index is 13.0. The first kappa shape index (κ1) is 18.5. The molecule has 28 heavy (non-hydrogen) atoms. The molecule has 0 fully saturated rings. The summed E-state index contributed by atoms with van der Waals surface area (Å²) in [4.78, 5) is 12.1. The number of carbonyl (C=O) groups excluding carboxylic acids is 1. The van der Waals surface area contributed by atoms with Crippen molar-refractivity contribution in [1.29, 1.82) is 0 Å². The Hall–Kier alpha value is -2.83. The number of hydrogen-bond donors (Lipinski definition) is 1. The Balaban J connectivity index is 1.85. The number of halogens is 1. The quantitative estimate of drug-likeness (QED) is 0.445. The second kappa shape index (κ2) is 6.65. The van der Waals surface area contributed by atoms with Gasteiger partial charge in [-0.3, -0.25) is 9.52 Å². The van der Waals surface area contributed by atoms with E-state index in [-0.39, 0.29) is 21.4 Å². The molecular formula is C21H16ClNO4S. The number of Topliss-reactive ketones (excluding diaryl/α,β-unsaturated/α-hetero) is 1. The monoisotopic (exact) mass is 413 g/mol. The van der Waals surface area contributed by atoms with E-state index in [1.54, 1.807) is 37.3 Å². The van der Waals surface area contributed by atoms with E-state index in [9.17, 15) is 13.2 Å². The highest BCUT2D eigenvalue weighted by Crippen LogP contribution is 2.35. The van der Waals surface area contributed by atoms with Crippen molar-refractivity contribution in [3.63, 3.8) is 0 Å². The summed E-state index contributed by atoms with van der Waals surface area (Å²) in [6, 6.07) is 15.4.